The summed E-state index contributed by atoms with van der Waals surface area (Å²) in [6.45, 7) is 3.71. The van der Waals surface area contributed by atoms with Gasteiger partial charge in [-0.05, 0) is 42.3 Å². The van der Waals surface area contributed by atoms with Crippen molar-refractivity contribution in [2.24, 2.45) is 0 Å². The summed E-state index contributed by atoms with van der Waals surface area (Å²) in [4.78, 5) is 25.1. The van der Waals surface area contributed by atoms with E-state index in [2.05, 4.69) is 18.4 Å². The molecule has 0 fully saturated rings. The molecule has 0 saturated carbocycles. The maximum Gasteiger partial charge on any atom is 0.305 e. The summed E-state index contributed by atoms with van der Waals surface area (Å²) in [5.74, 6) is -0.146. The second-order valence-electron chi connectivity index (χ2n) is 6.52. The van der Waals surface area contributed by atoms with Crippen LogP contribution in [-0.2, 0) is 19.0 Å². The van der Waals surface area contributed by atoms with E-state index in [1.165, 1.54) is 10.4 Å². The van der Waals surface area contributed by atoms with Crippen LogP contribution >= 0.6 is 11.3 Å². The number of methoxy groups -OCH3 is 1. The van der Waals surface area contributed by atoms with Crippen molar-refractivity contribution in [3.05, 3.63) is 46.8 Å². The average molecular weight is 405 g/mol. The minimum atomic E-state index is -0.251. The monoisotopic (exact) mass is 404 g/mol. The van der Waals surface area contributed by atoms with Gasteiger partial charge in [-0.1, -0.05) is 24.3 Å². The molecule has 0 unspecified atom stereocenters. The Balaban J connectivity index is 1.61. The predicted molar refractivity (Wildman–Crippen MR) is 111 cm³/mol. The van der Waals surface area contributed by atoms with Crippen LogP contribution in [0, 0.1) is 6.92 Å². The number of hydrogen-bond donors (Lipinski definition) is 0. The molecule has 0 N–H and O–H groups in total. The Morgan fingerprint density at radius 2 is 1.68 bits per heavy atom. The molecule has 0 aliphatic carbocycles. The number of esters is 1. The molecule has 152 valence electrons. The van der Waals surface area contributed by atoms with E-state index in [9.17, 15) is 9.59 Å². The molecule has 6 heteroatoms. The van der Waals surface area contributed by atoms with Crippen molar-refractivity contribution in [3.63, 3.8) is 0 Å². The van der Waals surface area contributed by atoms with Gasteiger partial charge in [0, 0.05) is 30.4 Å². The third-order valence-electron chi connectivity index (χ3n) is 4.18. The lowest BCUT2D eigenvalue weighted by Crippen LogP contribution is -2.12. The molecule has 1 aromatic carbocycles. The number of carbonyl (C=O) groups excluding carboxylic acids is 2. The molecule has 28 heavy (non-hydrogen) atoms. The Kier molecular flexibility index (Phi) is 9.90. The first-order chi connectivity index (χ1) is 13.6. The second kappa shape index (κ2) is 12.4. The minimum Gasteiger partial charge on any atom is -0.463 e. The van der Waals surface area contributed by atoms with E-state index in [0.29, 0.717) is 51.1 Å². The molecule has 0 saturated heterocycles. The van der Waals surface area contributed by atoms with Gasteiger partial charge in [-0.2, -0.15) is 0 Å². The quantitative estimate of drug-likeness (QED) is 0.276. The molecule has 0 aliphatic rings. The van der Waals surface area contributed by atoms with Gasteiger partial charge < -0.3 is 14.2 Å². The zero-order chi connectivity index (χ0) is 20.2. The Morgan fingerprint density at radius 3 is 2.36 bits per heavy atom. The van der Waals surface area contributed by atoms with Gasteiger partial charge in [0.2, 0.25) is 0 Å². The van der Waals surface area contributed by atoms with Crippen molar-refractivity contribution in [3.8, 4) is 10.4 Å². The fourth-order valence-corrected chi connectivity index (χ4v) is 3.54. The molecule has 0 atom stereocenters. The van der Waals surface area contributed by atoms with Gasteiger partial charge in [0.05, 0.1) is 19.8 Å². The maximum atomic E-state index is 12.3. The number of unbranched alkanes of at least 4 members (excludes halogenated alkanes) is 1. The standard InChI is InChI=1S/C22H28O5S/c1-17-15-21(28-16-17)19-9-7-18(8-10-19)20(23)5-3-4-6-22(24)27-14-13-26-12-11-25-2/h7-10,15-16H,3-6,11-14H2,1-2H3. The highest BCUT2D eigenvalue weighted by Crippen LogP contribution is 2.27. The summed E-state index contributed by atoms with van der Waals surface area (Å²) in [5.41, 5.74) is 3.09. The summed E-state index contributed by atoms with van der Waals surface area (Å²) in [6.07, 6.45) is 2.07. The van der Waals surface area contributed by atoms with Crippen LogP contribution in [0.2, 0.25) is 0 Å². The van der Waals surface area contributed by atoms with Crippen molar-refractivity contribution in [2.75, 3.05) is 33.5 Å². The van der Waals surface area contributed by atoms with Crippen LogP contribution in [0.1, 0.15) is 41.6 Å². The Labute approximate surface area is 170 Å². The topological polar surface area (TPSA) is 61.8 Å². The number of benzene rings is 1. The van der Waals surface area contributed by atoms with Crippen LogP contribution in [0.4, 0.5) is 0 Å². The molecular formula is C22H28O5S. The van der Waals surface area contributed by atoms with Crippen molar-refractivity contribution >= 4 is 23.1 Å². The average Bonchev–Trinajstić information content (AvgIpc) is 3.14. The number of thiophene rings is 1. The van der Waals surface area contributed by atoms with Crippen LogP contribution in [-0.4, -0.2) is 45.3 Å². The van der Waals surface area contributed by atoms with Gasteiger partial charge in [-0.25, -0.2) is 0 Å². The maximum absolute atomic E-state index is 12.3. The second-order valence-corrected chi connectivity index (χ2v) is 7.43. The summed E-state index contributed by atoms with van der Waals surface area (Å²) in [7, 11) is 1.61. The molecule has 0 radical (unpaired) electrons. The van der Waals surface area contributed by atoms with E-state index in [1.807, 2.05) is 24.3 Å². The molecule has 2 rings (SSSR count). The third-order valence-corrected chi connectivity index (χ3v) is 5.28. The molecule has 0 spiro atoms. The third kappa shape index (κ3) is 7.92. The van der Waals surface area contributed by atoms with Gasteiger partial charge >= 0.3 is 5.97 Å². The molecule has 2 aromatic rings. The van der Waals surface area contributed by atoms with E-state index in [4.69, 9.17) is 14.2 Å². The van der Waals surface area contributed by atoms with Gasteiger partial charge in [0.15, 0.2) is 5.78 Å². The predicted octanol–water partition coefficient (Wildman–Crippen LogP) is 4.67. The van der Waals surface area contributed by atoms with Gasteiger partial charge in [-0.15, -0.1) is 11.3 Å². The lowest BCUT2D eigenvalue weighted by atomic mass is 10.0. The van der Waals surface area contributed by atoms with Crippen molar-refractivity contribution in [2.45, 2.75) is 32.6 Å². The van der Waals surface area contributed by atoms with Crippen molar-refractivity contribution < 1.29 is 23.8 Å². The highest BCUT2D eigenvalue weighted by atomic mass is 32.1. The lowest BCUT2D eigenvalue weighted by Gasteiger charge is -2.06. The zero-order valence-corrected chi connectivity index (χ0v) is 17.4. The summed E-state index contributed by atoms with van der Waals surface area (Å²) in [5, 5.41) is 2.12. The number of rotatable bonds is 13. The molecule has 0 amide bonds. The van der Waals surface area contributed by atoms with Crippen LogP contribution < -0.4 is 0 Å². The molecule has 0 aliphatic heterocycles. The molecular weight excluding hydrogens is 376 g/mol. The Hall–Kier alpha value is -2.02. The normalized spacial score (nSPS) is 10.8. The summed E-state index contributed by atoms with van der Waals surface area (Å²) in [6, 6.07) is 9.89. The summed E-state index contributed by atoms with van der Waals surface area (Å²) < 4.78 is 15.2. The molecule has 5 nitrogen and oxygen atoms in total. The highest BCUT2D eigenvalue weighted by Gasteiger charge is 2.08. The lowest BCUT2D eigenvalue weighted by molar-refractivity contribution is -0.145. The first-order valence-corrected chi connectivity index (χ1v) is 10.4. The van der Waals surface area contributed by atoms with Gasteiger partial charge in [0.1, 0.15) is 6.61 Å². The zero-order valence-electron chi connectivity index (χ0n) is 16.6. The number of ether oxygens (including phenoxy) is 3. The fraction of sp³-hybridized carbons (Fsp3) is 0.455. The Morgan fingerprint density at radius 1 is 0.964 bits per heavy atom. The van der Waals surface area contributed by atoms with E-state index in [0.717, 1.165) is 5.56 Å². The van der Waals surface area contributed by atoms with E-state index >= 15 is 0 Å². The number of hydrogen-bond acceptors (Lipinski definition) is 6. The molecule has 1 aromatic heterocycles. The number of aryl methyl sites for hydroxylation is 1. The minimum absolute atomic E-state index is 0.105. The van der Waals surface area contributed by atoms with E-state index in [-0.39, 0.29) is 18.4 Å². The van der Waals surface area contributed by atoms with Crippen LogP contribution in [0.15, 0.2) is 35.7 Å². The van der Waals surface area contributed by atoms with Crippen LogP contribution in [0.3, 0.4) is 0 Å². The van der Waals surface area contributed by atoms with Crippen LogP contribution in [0.25, 0.3) is 10.4 Å². The SMILES string of the molecule is COCCOCCOC(=O)CCCCC(=O)c1ccc(-c2cc(C)cs2)cc1. The number of ketones is 1. The Bertz CT molecular complexity index is 736. The summed E-state index contributed by atoms with van der Waals surface area (Å²) >= 11 is 1.70. The van der Waals surface area contributed by atoms with Gasteiger partial charge in [0.25, 0.3) is 0 Å². The molecule has 1 heterocycles. The fourth-order valence-electron chi connectivity index (χ4n) is 2.63. The first kappa shape index (κ1) is 22.3. The number of carbonyl (C=O) groups is 2. The van der Waals surface area contributed by atoms with Crippen LogP contribution in [0.5, 0.6) is 0 Å². The molecule has 0 bridgehead atoms. The smallest absolute Gasteiger partial charge is 0.305 e. The van der Waals surface area contributed by atoms with Crippen molar-refractivity contribution in [1.29, 1.82) is 0 Å². The largest absolute Gasteiger partial charge is 0.463 e. The van der Waals surface area contributed by atoms with E-state index < -0.39 is 0 Å². The van der Waals surface area contributed by atoms with E-state index in [1.54, 1.807) is 18.4 Å². The van der Waals surface area contributed by atoms with Gasteiger partial charge in [-0.3, -0.25) is 9.59 Å². The highest BCUT2D eigenvalue weighted by molar-refractivity contribution is 7.13. The first-order valence-electron chi connectivity index (χ1n) is 9.51. The van der Waals surface area contributed by atoms with Crippen molar-refractivity contribution in [1.82, 2.24) is 0 Å². The number of Topliss-reactive ketones (excluding diaryl/α,β-unsaturated/α-hetero) is 1.